The number of fused-ring (bicyclic) bond motifs is 2. The van der Waals surface area contributed by atoms with Crippen LogP contribution in [0.25, 0.3) is 44.6 Å². The fourth-order valence-electron chi connectivity index (χ4n) is 6.98. The number of carbonyl (C=O) groups is 1. The molecular formula is C41H41N7O4. The summed E-state index contributed by atoms with van der Waals surface area (Å²) in [5.41, 5.74) is 10.1. The van der Waals surface area contributed by atoms with Crippen molar-refractivity contribution >= 4 is 39.5 Å². The average molecular weight is 696 g/mol. The van der Waals surface area contributed by atoms with Gasteiger partial charge >= 0.3 is 5.97 Å². The van der Waals surface area contributed by atoms with E-state index in [0.29, 0.717) is 67.4 Å². The summed E-state index contributed by atoms with van der Waals surface area (Å²) in [5, 5.41) is 36.5. The van der Waals surface area contributed by atoms with Crippen LogP contribution in [0.5, 0.6) is 0 Å². The Hall–Kier alpha value is -5.67. The van der Waals surface area contributed by atoms with E-state index in [4.69, 9.17) is 14.4 Å². The van der Waals surface area contributed by atoms with Crippen molar-refractivity contribution in [1.29, 1.82) is 5.26 Å². The largest absolute Gasteiger partial charge is 0.481 e. The maximum atomic E-state index is 11.4. The number of aliphatic hydroxyl groups excluding tert-OH is 1. The first-order chi connectivity index (χ1) is 25.2. The molecule has 0 saturated carbocycles. The van der Waals surface area contributed by atoms with Gasteiger partial charge in [-0.2, -0.15) is 5.26 Å². The maximum absolute atomic E-state index is 11.4. The third-order valence-corrected chi connectivity index (χ3v) is 10.0. The molecule has 6 aromatic rings. The van der Waals surface area contributed by atoms with Gasteiger partial charge in [0.1, 0.15) is 17.1 Å². The molecule has 264 valence electrons. The molecule has 3 aromatic heterocycles. The summed E-state index contributed by atoms with van der Waals surface area (Å²) in [6.45, 7) is 8.76. The molecule has 1 saturated heterocycles. The van der Waals surface area contributed by atoms with E-state index < -0.39 is 5.97 Å². The summed E-state index contributed by atoms with van der Waals surface area (Å²) in [6.07, 6.45) is 4.85. The number of nitriles is 1. The molecule has 4 heterocycles. The molecule has 0 radical (unpaired) electrons. The number of carboxylic acids is 1. The zero-order valence-corrected chi connectivity index (χ0v) is 29.5. The first kappa shape index (κ1) is 34.8. The highest BCUT2D eigenvalue weighted by Crippen LogP contribution is 2.38. The Balaban J connectivity index is 1.15. The highest BCUT2D eigenvalue weighted by molar-refractivity contribution is 5.91. The number of aliphatic carboxylic acids is 1. The second kappa shape index (κ2) is 14.9. The standard InChI is InChI=1S/C41H41N7O4/c1-24(23-49)44-20-28-17-30-10-13-43-39(37(30)45-21-28)46-35-9-5-7-33(26(35)3)32-6-4-8-34(25(32)2)40-47-36-18-27(16-31(19-42)38(36)52-40)22-48-14-11-29(12-15-48)41(50)51/h4-10,13,16-18,21,24,29,44,49H,11-12,14-15,20,22-23H2,1-3H3,(H,43,46)(H,50,51). The van der Waals surface area contributed by atoms with Crippen molar-refractivity contribution in [2.24, 2.45) is 5.92 Å². The highest BCUT2D eigenvalue weighted by atomic mass is 16.4. The summed E-state index contributed by atoms with van der Waals surface area (Å²) in [6, 6.07) is 22.4. The minimum atomic E-state index is -0.730. The summed E-state index contributed by atoms with van der Waals surface area (Å²) < 4.78 is 6.29. The first-order valence-corrected chi connectivity index (χ1v) is 17.6. The van der Waals surface area contributed by atoms with Crippen LogP contribution in [0.4, 0.5) is 11.5 Å². The topological polar surface area (TPSA) is 160 Å². The van der Waals surface area contributed by atoms with Crippen molar-refractivity contribution in [3.63, 3.8) is 0 Å². The van der Waals surface area contributed by atoms with Gasteiger partial charge in [-0.25, -0.2) is 9.97 Å². The Morgan fingerprint density at radius 1 is 1.02 bits per heavy atom. The minimum absolute atomic E-state index is 0.00167. The van der Waals surface area contributed by atoms with E-state index in [0.717, 1.165) is 55.5 Å². The molecule has 0 aliphatic carbocycles. The van der Waals surface area contributed by atoms with Crippen molar-refractivity contribution in [2.45, 2.75) is 52.7 Å². The van der Waals surface area contributed by atoms with Gasteiger partial charge in [-0.15, -0.1) is 0 Å². The summed E-state index contributed by atoms with van der Waals surface area (Å²) in [4.78, 5) is 27.9. The molecule has 1 aliphatic rings. The van der Waals surface area contributed by atoms with Crippen molar-refractivity contribution in [3.8, 4) is 28.7 Å². The number of nitrogens with zero attached hydrogens (tertiary/aromatic N) is 5. The number of nitrogens with one attached hydrogen (secondary N) is 2. The smallest absolute Gasteiger partial charge is 0.306 e. The quantitative estimate of drug-likeness (QED) is 0.109. The van der Waals surface area contributed by atoms with Gasteiger partial charge < -0.3 is 25.3 Å². The Morgan fingerprint density at radius 3 is 2.52 bits per heavy atom. The molecule has 3 aromatic carbocycles. The molecule has 0 bridgehead atoms. The molecule has 11 nitrogen and oxygen atoms in total. The molecule has 7 rings (SSSR count). The van der Waals surface area contributed by atoms with Gasteiger partial charge in [0.2, 0.25) is 5.89 Å². The molecular weight excluding hydrogens is 654 g/mol. The van der Waals surface area contributed by atoms with E-state index in [1.807, 2.05) is 55.6 Å². The van der Waals surface area contributed by atoms with Gasteiger partial charge in [-0.1, -0.05) is 24.3 Å². The molecule has 4 N–H and O–H groups in total. The molecule has 0 amide bonds. The maximum Gasteiger partial charge on any atom is 0.306 e. The molecule has 52 heavy (non-hydrogen) atoms. The molecule has 1 aliphatic heterocycles. The Labute approximate surface area is 302 Å². The van der Waals surface area contributed by atoms with Crippen molar-refractivity contribution < 1.29 is 19.4 Å². The van der Waals surface area contributed by atoms with Gasteiger partial charge in [0, 0.05) is 48.2 Å². The third-order valence-electron chi connectivity index (χ3n) is 10.0. The monoisotopic (exact) mass is 695 g/mol. The number of likely N-dealkylation sites (tertiary alicyclic amines) is 1. The van der Waals surface area contributed by atoms with Crippen LogP contribution in [0.3, 0.4) is 0 Å². The number of oxazole rings is 1. The number of hydrogen-bond donors (Lipinski definition) is 4. The number of carboxylic acid groups (broad SMARTS) is 1. The predicted molar refractivity (Wildman–Crippen MR) is 201 cm³/mol. The Morgan fingerprint density at radius 2 is 1.77 bits per heavy atom. The van der Waals surface area contributed by atoms with E-state index in [1.165, 1.54) is 0 Å². The highest BCUT2D eigenvalue weighted by Gasteiger charge is 2.25. The fourth-order valence-corrected chi connectivity index (χ4v) is 6.98. The van der Waals surface area contributed by atoms with Gasteiger partial charge in [0.15, 0.2) is 11.4 Å². The van der Waals surface area contributed by atoms with Crippen LogP contribution >= 0.6 is 0 Å². The number of hydrogen-bond acceptors (Lipinski definition) is 10. The minimum Gasteiger partial charge on any atom is -0.481 e. The number of pyridine rings is 2. The van der Waals surface area contributed by atoms with Crippen LogP contribution in [-0.4, -0.2) is 61.8 Å². The SMILES string of the molecule is Cc1c(Nc2nccc3cc(CNC(C)CO)cnc23)cccc1-c1cccc(-c2nc3cc(CN4CCC(C(=O)O)CC4)cc(C#N)c3o2)c1C. The Bertz CT molecular complexity index is 2320. The van der Waals surface area contributed by atoms with Gasteiger partial charge in [0.25, 0.3) is 0 Å². The third kappa shape index (κ3) is 7.09. The summed E-state index contributed by atoms with van der Waals surface area (Å²) in [7, 11) is 0. The second-order valence-electron chi connectivity index (χ2n) is 13.6. The molecule has 1 unspecified atom stereocenters. The molecule has 11 heteroatoms. The van der Waals surface area contributed by atoms with Crippen LogP contribution in [0.2, 0.25) is 0 Å². The van der Waals surface area contributed by atoms with Crippen LogP contribution in [-0.2, 0) is 17.9 Å². The normalized spacial score (nSPS) is 14.4. The van der Waals surface area contributed by atoms with Crippen molar-refractivity contribution in [2.75, 3.05) is 25.0 Å². The van der Waals surface area contributed by atoms with Crippen LogP contribution in [0, 0.1) is 31.1 Å². The lowest BCUT2D eigenvalue weighted by atomic mass is 9.93. The number of rotatable bonds is 11. The second-order valence-corrected chi connectivity index (χ2v) is 13.6. The molecule has 1 atom stereocenters. The number of aromatic nitrogens is 3. The molecule has 1 fully saturated rings. The number of aliphatic hydroxyl groups is 1. The van der Waals surface area contributed by atoms with E-state index >= 15 is 0 Å². The van der Waals surface area contributed by atoms with Gasteiger partial charge in [-0.3, -0.25) is 14.7 Å². The van der Waals surface area contributed by atoms with Gasteiger partial charge in [-0.05, 0) is 116 Å². The summed E-state index contributed by atoms with van der Waals surface area (Å²) >= 11 is 0. The lowest BCUT2D eigenvalue weighted by Gasteiger charge is -2.30. The lowest BCUT2D eigenvalue weighted by Crippen LogP contribution is -2.35. The first-order valence-electron chi connectivity index (χ1n) is 17.6. The Kier molecular flexibility index (Phi) is 9.96. The molecule has 0 spiro atoms. The van der Waals surface area contributed by atoms with E-state index in [9.17, 15) is 20.3 Å². The van der Waals surface area contributed by atoms with E-state index in [2.05, 4.69) is 58.6 Å². The van der Waals surface area contributed by atoms with E-state index in [-0.39, 0.29) is 18.6 Å². The lowest BCUT2D eigenvalue weighted by molar-refractivity contribution is -0.143. The van der Waals surface area contributed by atoms with Gasteiger partial charge in [0.05, 0.1) is 18.1 Å². The number of benzene rings is 3. The zero-order chi connectivity index (χ0) is 36.4. The predicted octanol–water partition coefficient (Wildman–Crippen LogP) is 7.10. The number of piperidine rings is 1. The fraction of sp³-hybridized carbons (Fsp3) is 0.293. The van der Waals surface area contributed by atoms with Crippen molar-refractivity contribution in [1.82, 2.24) is 25.2 Å². The van der Waals surface area contributed by atoms with Crippen molar-refractivity contribution in [3.05, 3.63) is 101 Å². The van der Waals surface area contributed by atoms with E-state index in [1.54, 1.807) is 6.20 Å². The van der Waals surface area contributed by atoms with Crippen LogP contribution in [0.15, 0.2) is 77.5 Å². The number of anilines is 2. The van der Waals surface area contributed by atoms with Crippen LogP contribution < -0.4 is 10.6 Å². The zero-order valence-electron chi connectivity index (χ0n) is 29.5. The average Bonchev–Trinajstić information content (AvgIpc) is 3.59. The summed E-state index contributed by atoms with van der Waals surface area (Å²) in [5.74, 6) is 0.0852. The van der Waals surface area contributed by atoms with Crippen LogP contribution in [0.1, 0.15) is 47.6 Å².